The van der Waals surface area contributed by atoms with E-state index in [-0.39, 0.29) is 5.41 Å². The van der Waals surface area contributed by atoms with Gasteiger partial charge in [-0.25, -0.2) is 0 Å². The Balaban J connectivity index is 2.62. The summed E-state index contributed by atoms with van der Waals surface area (Å²) in [5, 5.41) is 0. The fraction of sp³-hybridized carbons (Fsp3) is 0.909. The minimum Gasteiger partial charge on any atom is -0.298 e. The molecule has 1 fully saturated rings. The van der Waals surface area contributed by atoms with E-state index in [0.717, 1.165) is 19.4 Å². The highest BCUT2D eigenvalue weighted by Gasteiger charge is 2.32. The van der Waals surface area contributed by atoms with Crippen molar-refractivity contribution in [3.63, 3.8) is 0 Å². The Kier molecular flexibility index (Phi) is 3.12. The van der Waals surface area contributed by atoms with Crippen LogP contribution in [-0.2, 0) is 4.79 Å². The first-order chi connectivity index (χ1) is 5.94. The van der Waals surface area contributed by atoms with Crippen LogP contribution in [0.4, 0.5) is 0 Å². The van der Waals surface area contributed by atoms with E-state index >= 15 is 0 Å². The topological polar surface area (TPSA) is 20.3 Å². The van der Waals surface area contributed by atoms with Gasteiger partial charge in [0.1, 0.15) is 5.78 Å². The highest BCUT2D eigenvalue weighted by Crippen LogP contribution is 2.28. The Labute approximate surface area is 81.3 Å². The third-order valence-corrected chi connectivity index (χ3v) is 2.90. The summed E-state index contributed by atoms with van der Waals surface area (Å²) in [5.41, 5.74) is 0.179. The van der Waals surface area contributed by atoms with Gasteiger partial charge in [-0.2, -0.15) is 0 Å². The lowest BCUT2D eigenvalue weighted by Crippen LogP contribution is -2.48. The zero-order valence-electron chi connectivity index (χ0n) is 9.26. The summed E-state index contributed by atoms with van der Waals surface area (Å²) in [4.78, 5) is 13.8. The van der Waals surface area contributed by atoms with Crippen LogP contribution in [0, 0.1) is 5.41 Å². The molecule has 2 heteroatoms. The molecule has 0 bridgehead atoms. The molecule has 1 atom stereocenters. The van der Waals surface area contributed by atoms with E-state index in [0.29, 0.717) is 18.4 Å². The van der Waals surface area contributed by atoms with E-state index in [4.69, 9.17) is 0 Å². The molecule has 0 radical (unpaired) electrons. The number of ketones is 1. The molecular formula is C11H21NO. The second-order valence-corrected chi connectivity index (χ2v) is 5.04. The van der Waals surface area contributed by atoms with Gasteiger partial charge in [-0.1, -0.05) is 20.8 Å². The Hall–Kier alpha value is -0.370. The molecule has 0 amide bonds. The minimum absolute atomic E-state index is 0.179. The van der Waals surface area contributed by atoms with Crippen molar-refractivity contribution < 1.29 is 4.79 Å². The molecule has 1 saturated heterocycles. The van der Waals surface area contributed by atoms with Crippen molar-refractivity contribution in [3.8, 4) is 0 Å². The van der Waals surface area contributed by atoms with Gasteiger partial charge in [0.15, 0.2) is 0 Å². The second kappa shape index (κ2) is 3.79. The molecule has 0 saturated carbocycles. The summed E-state index contributed by atoms with van der Waals surface area (Å²) in [6.07, 6.45) is 1.88. The maximum absolute atomic E-state index is 11.5. The van der Waals surface area contributed by atoms with Crippen LogP contribution in [0.2, 0.25) is 0 Å². The SMILES string of the molecule is CCC(C)N1CC(=O)CC(C)(C)C1. The average Bonchev–Trinajstić information content (AvgIpc) is 1.99. The lowest BCUT2D eigenvalue weighted by molar-refractivity contribution is -0.127. The molecule has 2 nitrogen and oxygen atoms in total. The molecule has 1 heterocycles. The van der Waals surface area contributed by atoms with Crippen LogP contribution >= 0.6 is 0 Å². The molecule has 0 N–H and O–H groups in total. The standard InChI is InChI=1S/C11H21NO/c1-5-9(2)12-7-10(13)6-11(3,4)8-12/h9H,5-8H2,1-4H3. The van der Waals surface area contributed by atoms with Crippen LogP contribution in [0.25, 0.3) is 0 Å². The molecule has 13 heavy (non-hydrogen) atoms. The van der Waals surface area contributed by atoms with E-state index in [1.165, 1.54) is 0 Å². The average molecular weight is 183 g/mol. The fourth-order valence-corrected chi connectivity index (χ4v) is 2.05. The van der Waals surface area contributed by atoms with Gasteiger partial charge in [-0.15, -0.1) is 0 Å². The monoisotopic (exact) mass is 183 g/mol. The zero-order chi connectivity index (χ0) is 10.1. The van der Waals surface area contributed by atoms with Gasteiger partial charge in [-0.05, 0) is 18.8 Å². The summed E-state index contributed by atoms with van der Waals surface area (Å²) in [5.74, 6) is 0.400. The number of likely N-dealkylation sites (tertiary alicyclic amines) is 1. The Morgan fingerprint density at radius 3 is 2.62 bits per heavy atom. The molecule has 1 aliphatic rings. The van der Waals surface area contributed by atoms with Crippen molar-refractivity contribution in [2.75, 3.05) is 13.1 Å². The molecule has 1 rings (SSSR count). The summed E-state index contributed by atoms with van der Waals surface area (Å²) in [6, 6.07) is 0.545. The number of hydrogen-bond acceptors (Lipinski definition) is 2. The first-order valence-electron chi connectivity index (χ1n) is 5.20. The molecule has 0 aromatic rings. The zero-order valence-corrected chi connectivity index (χ0v) is 9.26. The number of carbonyl (C=O) groups is 1. The third kappa shape index (κ3) is 2.80. The van der Waals surface area contributed by atoms with E-state index in [9.17, 15) is 4.79 Å². The van der Waals surface area contributed by atoms with Gasteiger partial charge in [0, 0.05) is 19.0 Å². The molecule has 1 unspecified atom stereocenters. The number of piperidine rings is 1. The highest BCUT2D eigenvalue weighted by atomic mass is 16.1. The molecule has 0 spiro atoms. The van der Waals surface area contributed by atoms with Crippen molar-refractivity contribution in [1.82, 2.24) is 4.90 Å². The molecule has 0 aromatic heterocycles. The quantitative estimate of drug-likeness (QED) is 0.653. The van der Waals surface area contributed by atoms with Crippen LogP contribution < -0.4 is 0 Å². The van der Waals surface area contributed by atoms with Crippen LogP contribution in [0.3, 0.4) is 0 Å². The number of rotatable bonds is 2. The molecule has 0 aliphatic carbocycles. The second-order valence-electron chi connectivity index (χ2n) is 5.04. The maximum atomic E-state index is 11.5. The predicted molar refractivity (Wildman–Crippen MR) is 54.7 cm³/mol. The van der Waals surface area contributed by atoms with Crippen LogP contribution in [0.15, 0.2) is 0 Å². The molecule has 0 aromatic carbocycles. The van der Waals surface area contributed by atoms with E-state index in [1.807, 2.05) is 0 Å². The van der Waals surface area contributed by atoms with Crippen LogP contribution in [-0.4, -0.2) is 29.8 Å². The fourth-order valence-electron chi connectivity index (χ4n) is 2.05. The largest absolute Gasteiger partial charge is 0.298 e. The Bertz CT molecular complexity index is 198. The molecule has 1 aliphatic heterocycles. The number of nitrogens with zero attached hydrogens (tertiary/aromatic N) is 1. The van der Waals surface area contributed by atoms with Crippen LogP contribution in [0.1, 0.15) is 40.5 Å². The summed E-state index contributed by atoms with van der Waals surface area (Å²) in [7, 11) is 0. The normalized spacial score (nSPS) is 26.0. The van der Waals surface area contributed by atoms with Crippen molar-refractivity contribution in [2.45, 2.75) is 46.6 Å². The lowest BCUT2D eigenvalue weighted by Gasteiger charge is -2.40. The Morgan fingerprint density at radius 1 is 1.54 bits per heavy atom. The highest BCUT2D eigenvalue weighted by molar-refractivity contribution is 5.81. The van der Waals surface area contributed by atoms with Gasteiger partial charge in [0.25, 0.3) is 0 Å². The van der Waals surface area contributed by atoms with Crippen molar-refractivity contribution in [3.05, 3.63) is 0 Å². The number of hydrogen-bond donors (Lipinski definition) is 0. The van der Waals surface area contributed by atoms with Crippen molar-refractivity contribution >= 4 is 5.78 Å². The van der Waals surface area contributed by atoms with Gasteiger partial charge < -0.3 is 0 Å². The first-order valence-corrected chi connectivity index (χ1v) is 5.20. The van der Waals surface area contributed by atoms with E-state index in [1.54, 1.807) is 0 Å². The van der Waals surface area contributed by atoms with Gasteiger partial charge in [0.05, 0.1) is 6.54 Å². The Morgan fingerprint density at radius 2 is 2.15 bits per heavy atom. The maximum Gasteiger partial charge on any atom is 0.147 e. The lowest BCUT2D eigenvalue weighted by atomic mass is 9.83. The molecule has 76 valence electrons. The summed E-state index contributed by atoms with van der Waals surface area (Å²) < 4.78 is 0. The summed E-state index contributed by atoms with van der Waals surface area (Å²) >= 11 is 0. The smallest absolute Gasteiger partial charge is 0.147 e. The molecular weight excluding hydrogens is 162 g/mol. The van der Waals surface area contributed by atoms with E-state index < -0.39 is 0 Å². The van der Waals surface area contributed by atoms with Crippen LogP contribution in [0.5, 0.6) is 0 Å². The van der Waals surface area contributed by atoms with Crippen molar-refractivity contribution in [1.29, 1.82) is 0 Å². The minimum atomic E-state index is 0.179. The first kappa shape index (κ1) is 10.7. The van der Waals surface area contributed by atoms with Gasteiger partial charge in [-0.3, -0.25) is 9.69 Å². The van der Waals surface area contributed by atoms with E-state index in [2.05, 4.69) is 32.6 Å². The van der Waals surface area contributed by atoms with Crippen molar-refractivity contribution in [2.24, 2.45) is 5.41 Å². The van der Waals surface area contributed by atoms with Gasteiger partial charge in [0.2, 0.25) is 0 Å². The summed E-state index contributed by atoms with van der Waals surface area (Å²) in [6.45, 7) is 10.5. The number of Topliss-reactive ketones (excluding diaryl/α,β-unsaturated/α-hetero) is 1. The van der Waals surface area contributed by atoms with Gasteiger partial charge >= 0.3 is 0 Å². The predicted octanol–water partition coefficient (Wildman–Crippen LogP) is 2.09. The number of carbonyl (C=O) groups excluding carboxylic acids is 1. The third-order valence-electron chi connectivity index (χ3n) is 2.90.